The Hall–Kier alpha value is -0.260. The zero-order valence-electron chi connectivity index (χ0n) is 8.52. The van der Waals surface area contributed by atoms with Gasteiger partial charge in [0.2, 0.25) is 0 Å². The Kier molecular flexibility index (Phi) is 10.5. The molecule has 0 heteroatoms. The van der Waals surface area contributed by atoms with E-state index in [1.807, 2.05) is 0 Å². The molecule has 0 heterocycles. The van der Waals surface area contributed by atoms with Crippen LogP contribution in [0.25, 0.3) is 0 Å². The van der Waals surface area contributed by atoms with Gasteiger partial charge in [-0.25, -0.2) is 0 Å². The summed E-state index contributed by atoms with van der Waals surface area (Å²) in [6, 6.07) is 0. The number of allylic oxidation sites excluding steroid dienone is 2. The van der Waals surface area contributed by atoms with Crippen LogP contribution in [0.2, 0.25) is 0 Å². The highest BCUT2D eigenvalue weighted by Gasteiger charge is 1.83. The van der Waals surface area contributed by atoms with Gasteiger partial charge < -0.3 is 0 Å². The maximum Gasteiger partial charge on any atom is -0.0351 e. The van der Waals surface area contributed by atoms with E-state index >= 15 is 0 Å². The van der Waals surface area contributed by atoms with Gasteiger partial charge in [-0.15, -0.1) is 0 Å². The van der Waals surface area contributed by atoms with Crippen molar-refractivity contribution in [3.8, 4) is 0 Å². The smallest absolute Gasteiger partial charge is 0.0351 e. The van der Waals surface area contributed by atoms with Gasteiger partial charge in [-0.2, -0.15) is 0 Å². The Balaban J connectivity index is 2.93. The van der Waals surface area contributed by atoms with Crippen molar-refractivity contribution in [1.82, 2.24) is 0 Å². The van der Waals surface area contributed by atoms with Gasteiger partial charge in [0, 0.05) is 0 Å². The van der Waals surface area contributed by atoms with Crippen molar-refractivity contribution in [2.75, 3.05) is 0 Å². The molecular formula is C12H23. The molecule has 0 aliphatic rings. The van der Waals surface area contributed by atoms with E-state index in [2.05, 4.69) is 26.0 Å². The van der Waals surface area contributed by atoms with Gasteiger partial charge in [0.15, 0.2) is 0 Å². The van der Waals surface area contributed by atoms with Gasteiger partial charge in [-0.3, -0.25) is 0 Å². The molecule has 0 bridgehead atoms. The third-order valence-electron chi connectivity index (χ3n) is 2.01. The predicted octanol–water partition coefficient (Wildman–Crippen LogP) is 4.52. The van der Waals surface area contributed by atoms with E-state index in [0.717, 1.165) is 6.42 Å². The van der Waals surface area contributed by atoms with Crippen LogP contribution >= 0.6 is 0 Å². The largest absolute Gasteiger partial charge is 0.0885 e. The molecule has 0 rings (SSSR count). The Morgan fingerprint density at radius 3 is 2.00 bits per heavy atom. The van der Waals surface area contributed by atoms with Crippen molar-refractivity contribution in [3.05, 3.63) is 19.1 Å². The van der Waals surface area contributed by atoms with Gasteiger partial charge in [-0.05, 0) is 25.7 Å². The summed E-state index contributed by atoms with van der Waals surface area (Å²) in [4.78, 5) is 0. The zero-order valence-corrected chi connectivity index (χ0v) is 8.52. The summed E-state index contributed by atoms with van der Waals surface area (Å²) in [7, 11) is 0. The molecule has 0 N–H and O–H groups in total. The van der Waals surface area contributed by atoms with Crippen LogP contribution in [-0.2, 0) is 0 Å². The second-order valence-electron chi connectivity index (χ2n) is 3.32. The quantitative estimate of drug-likeness (QED) is 0.368. The lowest BCUT2D eigenvalue weighted by molar-refractivity contribution is 0.723. The fourth-order valence-electron chi connectivity index (χ4n) is 1.19. The van der Waals surface area contributed by atoms with Crippen LogP contribution in [0.5, 0.6) is 0 Å². The van der Waals surface area contributed by atoms with Crippen LogP contribution in [-0.4, -0.2) is 0 Å². The SMILES string of the molecule is [CH2]CCCCC=CCCCCC. The molecule has 0 aromatic carbocycles. The monoisotopic (exact) mass is 167 g/mol. The number of rotatable bonds is 8. The molecule has 0 aromatic rings. The first-order valence-electron chi connectivity index (χ1n) is 5.36. The molecule has 12 heavy (non-hydrogen) atoms. The Labute approximate surface area is 78.1 Å². The molecule has 1 radical (unpaired) electrons. The Morgan fingerprint density at radius 1 is 0.917 bits per heavy atom. The van der Waals surface area contributed by atoms with Gasteiger partial charge in [0.1, 0.15) is 0 Å². The predicted molar refractivity (Wildman–Crippen MR) is 57.1 cm³/mol. The fourth-order valence-corrected chi connectivity index (χ4v) is 1.19. The lowest BCUT2D eigenvalue weighted by atomic mass is 10.1. The topological polar surface area (TPSA) is 0 Å². The lowest BCUT2D eigenvalue weighted by Crippen LogP contribution is -1.73. The first-order valence-corrected chi connectivity index (χ1v) is 5.36. The van der Waals surface area contributed by atoms with E-state index in [1.54, 1.807) is 0 Å². The minimum absolute atomic E-state index is 1.09. The van der Waals surface area contributed by atoms with E-state index in [-0.39, 0.29) is 0 Å². The molecular weight excluding hydrogens is 144 g/mol. The summed E-state index contributed by atoms with van der Waals surface area (Å²) in [6.07, 6.45) is 14.9. The van der Waals surface area contributed by atoms with Crippen LogP contribution in [0.3, 0.4) is 0 Å². The molecule has 0 fully saturated rings. The molecule has 0 saturated carbocycles. The normalized spacial score (nSPS) is 11.2. The third-order valence-corrected chi connectivity index (χ3v) is 2.01. The molecule has 0 atom stereocenters. The van der Waals surface area contributed by atoms with Crippen LogP contribution in [0, 0.1) is 6.92 Å². The highest BCUT2D eigenvalue weighted by molar-refractivity contribution is 4.81. The summed E-state index contributed by atoms with van der Waals surface area (Å²) in [5.74, 6) is 0. The average molecular weight is 167 g/mol. The Morgan fingerprint density at radius 2 is 1.50 bits per heavy atom. The van der Waals surface area contributed by atoms with Crippen LogP contribution in [0.1, 0.15) is 58.3 Å². The minimum Gasteiger partial charge on any atom is -0.0885 e. The van der Waals surface area contributed by atoms with Crippen LogP contribution in [0.4, 0.5) is 0 Å². The zero-order chi connectivity index (χ0) is 9.07. The average Bonchev–Trinajstić information content (AvgIpc) is 2.10. The molecule has 0 aliphatic heterocycles. The molecule has 71 valence electrons. The first-order chi connectivity index (χ1) is 5.91. The summed E-state index contributed by atoms with van der Waals surface area (Å²) in [6.45, 7) is 6.07. The molecule has 0 saturated heterocycles. The van der Waals surface area contributed by atoms with Gasteiger partial charge >= 0.3 is 0 Å². The molecule has 0 unspecified atom stereocenters. The van der Waals surface area contributed by atoms with Crippen LogP contribution in [0.15, 0.2) is 12.2 Å². The molecule has 0 amide bonds. The first kappa shape index (κ1) is 11.7. The summed E-state index contributed by atoms with van der Waals surface area (Å²) in [5, 5.41) is 0. The van der Waals surface area contributed by atoms with E-state index in [1.165, 1.54) is 44.9 Å². The summed E-state index contributed by atoms with van der Waals surface area (Å²) >= 11 is 0. The van der Waals surface area contributed by atoms with E-state index in [4.69, 9.17) is 0 Å². The minimum atomic E-state index is 1.09. The van der Waals surface area contributed by atoms with E-state index in [0.29, 0.717) is 0 Å². The second-order valence-corrected chi connectivity index (χ2v) is 3.32. The van der Waals surface area contributed by atoms with Crippen molar-refractivity contribution in [1.29, 1.82) is 0 Å². The highest BCUT2D eigenvalue weighted by Crippen LogP contribution is 2.03. The Bertz CT molecular complexity index is 80.2. The maximum absolute atomic E-state index is 3.82. The van der Waals surface area contributed by atoms with Crippen molar-refractivity contribution >= 4 is 0 Å². The standard InChI is InChI=1S/C12H23/c1-3-5-7-9-11-12-10-8-6-4-2/h11-12H,1,3-10H2,2H3. The lowest BCUT2D eigenvalue weighted by Gasteiger charge is -1.93. The number of hydrogen-bond acceptors (Lipinski definition) is 0. The van der Waals surface area contributed by atoms with Crippen molar-refractivity contribution in [2.24, 2.45) is 0 Å². The third kappa shape index (κ3) is 9.74. The van der Waals surface area contributed by atoms with Crippen molar-refractivity contribution in [3.63, 3.8) is 0 Å². The van der Waals surface area contributed by atoms with Gasteiger partial charge in [-0.1, -0.05) is 51.7 Å². The summed E-state index contributed by atoms with van der Waals surface area (Å²) < 4.78 is 0. The molecule has 0 aliphatic carbocycles. The highest BCUT2D eigenvalue weighted by atomic mass is 13.9. The maximum atomic E-state index is 3.82. The molecule has 0 nitrogen and oxygen atoms in total. The van der Waals surface area contributed by atoms with E-state index < -0.39 is 0 Å². The van der Waals surface area contributed by atoms with Crippen molar-refractivity contribution < 1.29 is 0 Å². The summed E-state index contributed by atoms with van der Waals surface area (Å²) in [5.41, 5.74) is 0. The second kappa shape index (κ2) is 10.7. The number of unbranched alkanes of at least 4 members (excludes halogenated alkanes) is 6. The molecule has 0 spiro atoms. The fraction of sp³-hybridized carbons (Fsp3) is 0.750. The van der Waals surface area contributed by atoms with E-state index in [9.17, 15) is 0 Å². The van der Waals surface area contributed by atoms with Crippen molar-refractivity contribution in [2.45, 2.75) is 58.3 Å². The molecule has 0 aromatic heterocycles. The van der Waals surface area contributed by atoms with Gasteiger partial charge in [0.25, 0.3) is 0 Å². The van der Waals surface area contributed by atoms with Crippen LogP contribution < -0.4 is 0 Å². The van der Waals surface area contributed by atoms with Gasteiger partial charge in [0.05, 0.1) is 0 Å². The number of hydrogen-bond donors (Lipinski definition) is 0.